The molecule has 2 aromatic rings. The summed E-state index contributed by atoms with van der Waals surface area (Å²) >= 11 is 5.15. The number of nitrogens with one attached hydrogen (secondary N) is 1. The van der Waals surface area contributed by atoms with E-state index in [1.165, 1.54) is 4.88 Å². The maximum absolute atomic E-state index is 5.49. The minimum atomic E-state index is 0.541. The zero-order valence-corrected chi connectivity index (χ0v) is 10.3. The third kappa shape index (κ3) is 2.94. The van der Waals surface area contributed by atoms with Gasteiger partial charge in [-0.05, 0) is 40.2 Å². The van der Waals surface area contributed by atoms with E-state index in [1.54, 1.807) is 23.6 Å². The average molecular weight is 284 g/mol. The van der Waals surface area contributed by atoms with Crippen LogP contribution in [0.4, 0.5) is 11.5 Å². The van der Waals surface area contributed by atoms with Crippen LogP contribution >= 0.6 is 27.3 Å². The number of nitrogens with zero attached hydrogens (tertiary/aromatic N) is 1. The van der Waals surface area contributed by atoms with E-state index in [1.807, 2.05) is 12.1 Å². The van der Waals surface area contributed by atoms with Crippen LogP contribution in [0.1, 0.15) is 4.88 Å². The molecular weight excluding hydrogens is 274 g/mol. The normalized spacial score (nSPS) is 10.2. The lowest BCUT2D eigenvalue weighted by atomic mass is 10.4. The minimum Gasteiger partial charge on any atom is -0.384 e. The second-order valence-corrected chi connectivity index (χ2v) is 5.58. The molecule has 2 heterocycles. The number of halogens is 1. The maximum Gasteiger partial charge on any atom is 0.123 e. The number of nitrogens with two attached hydrogens (primary N) is 1. The van der Waals surface area contributed by atoms with Gasteiger partial charge in [0, 0.05) is 11.4 Å². The molecule has 0 aromatic carbocycles. The van der Waals surface area contributed by atoms with Gasteiger partial charge in [-0.1, -0.05) is 0 Å². The Morgan fingerprint density at radius 3 is 2.80 bits per heavy atom. The van der Waals surface area contributed by atoms with E-state index in [4.69, 9.17) is 5.73 Å². The van der Waals surface area contributed by atoms with E-state index in [2.05, 4.69) is 32.3 Å². The highest BCUT2D eigenvalue weighted by molar-refractivity contribution is 9.11. The van der Waals surface area contributed by atoms with Gasteiger partial charge in [-0.15, -0.1) is 11.3 Å². The molecule has 0 saturated heterocycles. The zero-order chi connectivity index (χ0) is 10.7. The Bertz CT molecular complexity index is 438. The van der Waals surface area contributed by atoms with Crippen LogP contribution in [0.3, 0.4) is 0 Å². The summed E-state index contributed by atoms with van der Waals surface area (Å²) in [6, 6.07) is 7.84. The Labute approximate surface area is 100 Å². The first kappa shape index (κ1) is 10.4. The van der Waals surface area contributed by atoms with Crippen molar-refractivity contribution in [2.45, 2.75) is 6.54 Å². The molecule has 0 bridgehead atoms. The van der Waals surface area contributed by atoms with Gasteiger partial charge in [-0.3, -0.25) is 0 Å². The van der Waals surface area contributed by atoms with E-state index in [-0.39, 0.29) is 0 Å². The van der Waals surface area contributed by atoms with Crippen LogP contribution in [0.2, 0.25) is 0 Å². The molecule has 0 radical (unpaired) electrons. The summed E-state index contributed by atoms with van der Waals surface area (Å²) in [5, 5.41) is 3.27. The summed E-state index contributed by atoms with van der Waals surface area (Å²) in [6.07, 6.45) is 1.73. The summed E-state index contributed by atoms with van der Waals surface area (Å²) in [5.74, 6) is 0.541. The van der Waals surface area contributed by atoms with Gasteiger partial charge in [-0.2, -0.15) is 0 Å². The van der Waals surface area contributed by atoms with Crippen molar-refractivity contribution in [1.82, 2.24) is 4.98 Å². The van der Waals surface area contributed by atoms with Crippen LogP contribution in [0.15, 0.2) is 34.2 Å². The quantitative estimate of drug-likeness (QED) is 0.910. The number of hydrogen-bond donors (Lipinski definition) is 2. The molecular formula is C10H10BrN3S. The zero-order valence-electron chi connectivity index (χ0n) is 7.90. The first-order chi connectivity index (χ1) is 7.24. The molecule has 3 N–H and O–H groups in total. The Morgan fingerprint density at radius 2 is 2.20 bits per heavy atom. The predicted molar refractivity (Wildman–Crippen MR) is 68.0 cm³/mol. The number of anilines is 2. The second kappa shape index (κ2) is 4.63. The Balaban J connectivity index is 1.96. The standard InChI is InChI=1S/C10H10BrN3S/c11-9-3-2-8(15-9)6-13-7-1-4-10(12)14-5-7/h1-5,13H,6H2,(H2,12,14). The van der Waals surface area contributed by atoms with Gasteiger partial charge in [0.2, 0.25) is 0 Å². The van der Waals surface area contributed by atoms with E-state index in [0.29, 0.717) is 5.82 Å². The molecule has 0 saturated carbocycles. The third-order valence-corrected chi connectivity index (χ3v) is 3.51. The van der Waals surface area contributed by atoms with Gasteiger partial charge in [0.15, 0.2) is 0 Å². The molecule has 78 valence electrons. The fourth-order valence-electron chi connectivity index (χ4n) is 1.15. The number of rotatable bonds is 3. The third-order valence-electron chi connectivity index (χ3n) is 1.88. The van der Waals surface area contributed by atoms with Crippen molar-refractivity contribution < 1.29 is 0 Å². The van der Waals surface area contributed by atoms with Gasteiger partial charge in [-0.25, -0.2) is 4.98 Å². The van der Waals surface area contributed by atoms with E-state index in [0.717, 1.165) is 16.0 Å². The summed E-state index contributed by atoms with van der Waals surface area (Å²) < 4.78 is 1.15. The van der Waals surface area contributed by atoms with Crippen LogP contribution in [-0.4, -0.2) is 4.98 Å². The van der Waals surface area contributed by atoms with Crippen molar-refractivity contribution in [2.24, 2.45) is 0 Å². The van der Waals surface area contributed by atoms with Gasteiger partial charge >= 0.3 is 0 Å². The number of pyridine rings is 1. The van der Waals surface area contributed by atoms with E-state index in [9.17, 15) is 0 Å². The molecule has 0 fully saturated rings. The summed E-state index contributed by atoms with van der Waals surface area (Å²) in [7, 11) is 0. The van der Waals surface area contributed by atoms with Crippen molar-refractivity contribution in [1.29, 1.82) is 0 Å². The number of thiophene rings is 1. The van der Waals surface area contributed by atoms with Crippen molar-refractivity contribution >= 4 is 38.8 Å². The van der Waals surface area contributed by atoms with Crippen molar-refractivity contribution in [3.05, 3.63) is 39.1 Å². The fraction of sp³-hybridized carbons (Fsp3) is 0.100. The van der Waals surface area contributed by atoms with Gasteiger partial charge < -0.3 is 11.1 Å². The molecule has 0 amide bonds. The Morgan fingerprint density at radius 1 is 1.33 bits per heavy atom. The van der Waals surface area contributed by atoms with Crippen LogP contribution in [-0.2, 0) is 6.54 Å². The topological polar surface area (TPSA) is 50.9 Å². The molecule has 5 heteroatoms. The predicted octanol–water partition coefficient (Wildman–Crippen LogP) is 3.10. The fourth-order valence-corrected chi connectivity index (χ4v) is 2.57. The first-order valence-electron chi connectivity index (χ1n) is 4.43. The molecule has 0 atom stereocenters. The second-order valence-electron chi connectivity index (χ2n) is 3.03. The highest BCUT2D eigenvalue weighted by Crippen LogP contribution is 2.22. The summed E-state index contributed by atoms with van der Waals surface area (Å²) in [5.41, 5.74) is 6.47. The van der Waals surface area contributed by atoms with Crippen molar-refractivity contribution in [3.63, 3.8) is 0 Å². The highest BCUT2D eigenvalue weighted by Gasteiger charge is 1.97. The first-order valence-corrected chi connectivity index (χ1v) is 6.04. The van der Waals surface area contributed by atoms with E-state index < -0.39 is 0 Å². The van der Waals surface area contributed by atoms with Gasteiger partial charge in [0.25, 0.3) is 0 Å². The average Bonchev–Trinajstić information content (AvgIpc) is 2.64. The largest absolute Gasteiger partial charge is 0.384 e. The molecule has 0 aliphatic rings. The maximum atomic E-state index is 5.49. The SMILES string of the molecule is Nc1ccc(NCc2ccc(Br)s2)cn1. The molecule has 15 heavy (non-hydrogen) atoms. The smallest absolute Gasteiger partial charge is 0.123 e. The Hall–Kier alpha value is -1.07. The monoisotopic (exact) mass is 283 g/mol. The molecule has 2 aromatic heterocycles. The van der Waals surface area contributed by atoms with Crippen molar-refractivity contribution in [3.8, 4) is 0 Å². The summed E-state index contributed by atoms with van der Waals surface area (Å²) in [6.45, 7) is 0.807. The number of hydrogen-bond acceptors (Lipinski definition) is 4. The van der Waals surface area contributed by atoms with Crippen LogP contribution in [0.25, 0.3) is 0 Å². The lowest BCUT2D eigenvalue weighted by Gasteiger charge is -2.03. The lowest BCUT2D eigenvalue weighted by Crippen LogP contribution is -1.98. The van der Waals surface area contributed by atoms with Crippen LogP contribution in [0.5, 0.6) is 0 Å². The lowest BCUT2D eigenvalue weighted by molar-refractivity contribution is 1.18. The number of nitrogen functional groups attached to an aromatic ring is 1. The highest BCUT2D eigenvalue weighted by atomic mass is 79.9. The molecule has 2 rings (SSSR count). The van der Waals surface area contributed by atoms with E-state index >= 15 is 0 Å². The van der Waals surface area contributed by atoms with Crippen molar-refractivity contribution in [2.75, 3.05) is 11.1 Å². The van der Waals surface area contributed by atoms with Crippen LogP contribution < -0.4 is 11.1 Å². The summed E-state index contributed by atoms with van der Waals surface area (Å²) in [4.78, 5) is 5.28. The van der Waals surface area contributed by atoms with Gasteiger partial charge in [0.05, 0.1) is 15.7 Å². The molecule has 0 unspecified atom stereocenters. The Kier molecular flexibility index (Phi) is 3.23. The van der Waals surface area contributed by atoms with Gasteiger partial charge in [0.1, 0.15) is 5.82 Å². The van der Waals surface area contributed by atoms with Crippen LogP contribution in [0, 0.1) is 0 Å². The molecule has 0 spiro atoms. The molecule has 0 aliphatic heterocycles. The molecule has 0 aliphatic carbocycles. The molecule has 3 nitrogen and oxygen atoms in total. The minimum absolute atomic E-state index is 0.541. The number of aromatic nitrogens is 1.